The first-order chi connectivity index (χ1) is 13.2. The van der Waals surface area contributed by atoms with Crippen molar-refractivity contribution in [3.8, 4) is 23.0 Å². The Bertz CT molecular complexity index is 680. The van der Waals surface area contributed by atoms with E-state index in [1.54, 1.807) is 28.4 Å². The van der Waals surface area contributed by atoms with Gasteiger partial charge in [-0.25, -0.2) is 0 Å². The summed E-state index contributed by atoms with van der Waals surface area (Å²) in [6.07, 6.45) is 0. The van der Waals surface area contributed by atoms with E-state index < -0.39 is 0 Å². The number of hydrogen-bond acceptors (Lipinski definition) is 6. The molecule has 2 aromatic carbocycles. The summed E-state index contributed by atoms with van der Waals surface area (Å²) in [6, 6.07) is 9.80. The first-order valence-corrected chi connectivity index (χ1v) is 9.11. The second kappa shape index (κ2) is 11.8. The van der Waals surface area contributed by atoms with Gasteiger partial charge in [0, 0.05) is 42.2 Å². The lowest BCUT2D eigenvalue weighted by atomic mass is 10.1. The number of ether oxygens (including phenoxy) is 4. The lowest BCUT2D eigenvalue weighted by Gasteiger charge is -2.16. The van der Waals surface area contributed by atoms with Crippen molar-refractivity contribution in [3.63, 3.8) is 0 Å². The summed E-state index contributed by atoms with van der Waals surface area (Å²) >= 11 is 0. The fourth-order valence-corrected chi connectivity index (χ4v) is 2.61. The van der Waals surface area contributed by atoms with Crippen LogP contribution in [-0.2, 0) is 6.54 Å². The van der Waals surface area contributed by atoms with E-state index in [1.807, 2.05) is 38.1 Å². The Morgan fingerprint density at radius 3 is 1.78 bits per heavy atom. The van der Waals surface area contributed by atoms with Crippen LogP contribution in [0.25, 0.3) is 0 Å². The van der Waals surface area contributed by atoms with Gasteiger partial charge in [-0.1, -0.05) is 13.8 Å². The SMILES string of the molecule is CC.CCNc1ccc(OC)c(CNc2cc(OC)c(OC)c(OC)c2)c1. The normalized spacial score (nSPS) is 9.59. The Kier molecular flexibility index (Phi) is 9.72. The third-order valence-electron chi connectivity index (χ3n) is 3.81. The maximum atomic E-state index is 5.46. The first-order valence-electron chi connectivity index (χ1n) is 9.11. The maximum absolute atomic E-state index is 5.46. The van der Waals surface area contributed by atoms with Gasteiger partial charge in [0.15, 0.2) is 11.5 Å². The summed E-state index contributed by atoms with van der Waals surface area (Å²) in [5, 5.41) is 6.69. The highest BCUT2D eigenvalue weighted by Gasteiger charge is 2.13. The average Bonchev–Trinajstić information content (AvgIpc) is 2.73. The van der Waals surface area contributed by atoms with Crippen LogP contribution in [0.15, 0.2) is 30.3 Å². The second-order valence-corrected chi connectivity index (χ2v) is 5.32. The Labute approximate surface area is 162 Å². The summed E-state index contributed by atoms with van der Waals surface area (Å²) in [5.41, 5.74) is 2.98. The maximum Gasteiger partial charge on any atom is 0.203 e. The van der Waals surface area contributed by atoms with E-state index >= 15 is 0 Å². The average molecular weight is 376 g/mol. The van der Waals surface area contributed by atoms with Crippen LogP contribution in [0.5, 0.6) is 23.0 Å². The highest BCUT2D eigenvalue weighted by atomic mass is 16.5. The highest BCUT2D eigenvalue weighted by molar-refractivity contribution is 5.63. The molecule has 0 heterocycles. The molecule has 0 aromatic heterocycles. The Hall–Kier alpha value is -2.76. The van der Waals surface area contributed by atoms with Gasteiger partial charge in [-0.3, -0.25) is 0 Å². The zero-order valence-corrected chi connectivity index (χ0v) is 17.4. The van der Waals surface area contributed by atoms with Gasteiger partial charge in [0.1, 0.15) is 5.75 Å². The van der Waals surface area contributed by atoms with Crippen molar-refractivity contribution >= 4 is 11.4 Å². The quantitative estimate of drug-likeness (QED) is 0.656. The number of benzene rings is 2. The van der Waals surface area contributed by atoms with Gasteiger partial charge < -0.3 is 29.6 Å². The number of rotatable bonds is 9. The molecule has 0 aliphatic heterocycles. The lowest BCUT2D eigenvalue weighted by molar-refractivity contribution is 0.324. The number of nitrogens with one attached hydrogen (secondary N) is 2. The molecule has 0 saturated heterocycles. The lowest BCUT2D eigenvalue weighted by Crippen LogP contribution is -2.05. The van der Waals surface area contributed by atoms with Crippen LogP contribution in [0.1, 0.15) is 26.3 Å². The minimum atomic E-state index is 0.572. The zero-order valence-electron chi connectivity index (χ0n) is 17.4. The third kappa shape index (κ3) is 5.88. The van der Waals surface area contributed by atoms with Crippen LogP contribution < -0.4 is 29.6 Å². The molecule has 2 rings (SSSR count). The molecule has 0 fully saturated rings. The minimum Gasteiger partial charge on any atom is -0.496 e. The van der Waals surface area contributed by atoms with E-state index in [2.05, 4.69) is 23.6 Å². The third-order valence-corrected chi connectivity index (χ3v) is 3.81. The summed E-state index contributed by atoms with van der Waals surface area (Å²) in [5.74, 6) is 2.62. The molecule has 0 amide bonds. The van der Waals surface area contributed by atoms with E-state index in [0.717, 1.165) is 29.2 Å². The predicted octanol–water partition coefficient (Wildman–Crippen LogP) is 4.79. The summed E-state index contributed by atoms with van der Waals surface area (Å²) in [7, 11) is 6.46. The molecule has 0 spiro atoms. The van der Waals surface area contributed by atoms with Crippen molar-refractivity contribution in [2.24, 2.45) is 0 Å². The van der Waals surface area contributed by atoms with Gasteiger partial charge in [0.05, 0.1) is 28.4 Å². The Morgan fingerprint density at radius 2 is 1.30 bits per heavy atom. The molecule has 0 saturated carbocycles. The van der Waals surface area contributed by atoms with Crippen molar-refractivity contribution < 1.29 is 18.9 Å². The fraction of sp³-hybridized carbons (Fsp3) is 0.429. The Balaban J connectivity index is 0.00000176. The Morgan fingerprint density at radius 1 is 0.704 bits per heavy atom. The van der Waals surface area contributed by atoms with Crippen molar-refractivity contribution in [2.75, 3.05) is 45.6 Å². The smallest absolute Gasteiger partial charge is 0.203 e. The number of anilines is 2. The van der Waals surface area contributed by atoms with Gasteiger partial charge in [0.2, 0.25) is 5.75 Å². The molecule has 150 valence electrons. The van der Waals surface area contributed by atoms with Crippen LogP contribution in [0, 0.1) is 0 Å². The molecule has 6 heteroatoms. The molecule has 0 bridgehead atoms. The highest BCUT2D eigenvalue weighted by Crippen LogP contribution is 2.40. The first kappa shape index (κ1) is 22.3. The fourth-order valence-electron chi connectivity index (χ4n) is 2.61. The van der Waals surface area contributed by atoms with E-state index in [-0.39, 0.29) is 0 Å². The van der Waals surface area contributed by atoms with Crippen molar-refractivity contribution in [1.29, 1.82) is 0 Å². The summed E-state index contributed by atoms with van der Waals surface area (Å²) in [6.45, 7) is 7.53. The molecule has 0 radical (unpaired) electrons. The monoisotopic (exact) mass is 376 g/mol. The van der Waals surface area contributed by atoms with Crippen molar-refractivity contribution in [1.82, 2.24) is 0 Å². The molecule has 6 nitrogen and oxygen atoms in total. The zero-order chi connectivity index (χ0) is 20.2. The van der Waals surface area contributed by atoms with Gasteiger partial charge >= 0.3 is 0 Å². The minimum absolute atomic E-state index is 0.572. The molecule has 2 aromatic rings. The number of hydrogen-bond donors (Lipinski definition) is 2. The summed E-state index contributed by atoms with van der Waals surface area (Å²) in [4.78, 5) is 0. The molecule has 0 aliphatic carbocycles. The topological polar surface area (TPSA) is 61.0 Å². The summed E-state index contributed by atoms with van der Waals surface area (Å²) < 4.78 is 21.6. The second-order valence-electron chi connectivity index (χ2n) is 5.32. The van der Waals surface area contributed by atoms with E-state index in [1.165, 1.54) is 0 Å². The van der Waals surface area contributed by atoms with Crippen molar-refractivity contribution in [2.45, 2.75) is 27.3 Å². The van der Waals surface area contributed by atoms with Crippen LogP contribution in [0.2, 0.25) is 0 Å². The molecule has 2 N–H and O–H groups in total. The van der Waals surface area contributed by atoms with Gasteiger partial charge in [-0.2, -0.15) is 0 Å². The van der Waals surface area contributed by atoms with Crippen LogP contribution in [-0.4, -0.2) is 35.0 Å². The van der Waals surface area contributed by atoms with Gasteiger partial charge in [-0.05, 0) is 25.1 Å². The van der Waals surface area contributed by atoms with Crippen LogP contribution >= 0.6 is 0 Å². The van der Waals surface area contributed by atoms with Crippen molar-refractivity contribution in [3.05, 3.63) is 35.9 Å². The van der Waals surface area contributed by atoms with Crippen LogP contribution in [0.4, 0.5) is 11.4 Å². The molecule has 27 heavy (non-hydrogen) atoms. The predicted molar refractivity (Wildman–Crippen MR) is 112 cm³/mol. The molecule has 0 atom stereocenters. The van der Waals surface area contributed by atoms with E-state index in [4.69, 9.17) is 18.9 Å². The largest absolute Gasteiger partial charge is 0.496 e. The van der Waals surface area contributed by atoms with E-state index in [9.17, 15) is 0 Å². The molecular weight excluding hydrogens is 344 g/mol. The van der Waals surface area contributed by atoms with E-state index in [0.29, 0.717) is 23.8 Å². The standard InChI is InChI=1S/C19H26N2O4.C2H6/c1-6-20-14-7-8-16(22-2)13(9-14)12-21-15-10-17(23-3)19(25-5)18(11-15)24-4;1-2/h7-11,20-21H,6,12H2,1-5H3;1-2H3. The van der Waals surface area contributed by atoms with Gasteiger partial charge in [-0.15, -0.1) is 0 Å². The van der Waals surface area contributed by atoms with Gasteiger partial charge in [0.25, 0.3) is 0 Å². The van der Waals surface area contributed by atoms with Crippen LogP contribution in [0.3, 0.4) is 0 Å². The molecule has 0 aliphatic rings. The molecule has 0 unspecified atom stereocenters. The number of methoxy groups -OCH3 is 4. The molecular formula is C21H32N2O4.